The fourth-order valence-corrected chi connectivity index (χ4v) is 0.653. The maximum Gasteiger partial charge on any atom is 0.509 e. The average Bonchev–Trinajstić information content (AvgIpc) is 2.15. The molecule has 0 bridgehead atoms. The molecule has 0 N–H and O–H groups in total. The van der Waals surface area contributed by atoms with E-state index in [1.807, 2.05) is 0 Å². The van der Waals surface area contributed by atoms with Crippen LogP contribution in [0.25, 0.3) is 0 Å². The molecule has 15 heavy (non-hydrogen) atoms. The molecular weight excluding hydrogens is 200 g/mol. The van der Waals surface area contributed by atoms with Gasteiger partial charge in [-0.25, -0.2) is 9.59 Å². The summed E-state index contributed by atoms with van der Waals surface area (Å²) in [6, 6.07) is 0. The van der Waals surface area contributed by atoms with Crippen LogP contribution in [-0.4, -0.2) is 31.4 Å². The van der Waals surface area contributed by atoms with Gasteiger partial charge in [0.05, 0.1) is 13.2 Å². The second-order valence-electron chi connectivity index (χ2n) is 2.43. The van der Waals surface area contributed by atoms with Crippen molar-refractivity contribution in [2.24, 2.45) is 0 Å². The summed E-state index contributed by atoms with van der Waals surface area (Å²) in [5.74, 6) is 3.95. The molecule has 0 saturated heterocycles. The molecule has 0 saturated carbocycles. The minimum absolute atomic E-state index is 0.233. The van der Waals surface area contributed by atoms with Crippen molar-refractivity contribution in [1.82, 2.24) is 0 Å². The van der Waals surface area contributed by atoms with E-state index in [0.717, 1.165) is 0 Å². The minimum Gasteiger partial charge on any atom is -0.456 e. The van der Waals surface area contributed by atoms with E-state index in [0.29, 0.717) is 0 Å². The Morgan fingerprint density at radius 1 is 1.20 bits per heavy atom. The second kappa shape index (κ2) is 7.68. The fourth-order valence-electron chi connectivity index (χ4n) is 0.653. The van der Waals surface area contributed by atoms with Gasteiger partial charge in [-0.05, 0) is 26.7 Å². The van der Waals surface area contributed by atoms with Crippen molar-refractivity contribution in [2.45, 2.75) is 26.9 Å². The molecular formula is C10H14O5. The quantitative estimate of drug-likeness (QED) is 0.400. The summed E-state index contributed by atoms with van der Waals surface area (Å²) >= 11 is 0. The zero-order valence-corrected chi connectivity index (χ0v) is 9.03. The number of hydrogen-bond acceptors (Lipinski definition) is 5. The van der Waals surface area contributed by atoms with E-state index < -0.39 is 18.2 Å². The van der Waals surface area contributed by atoms with Gasteiger partial charge >= 0.3 is 12.1 Å². The van der Waals surface area contributed by atoms with Crippen LogP contribution in [0.15, 0.2) is 0 Å². The zero-order chi connectivity index (χ0) is 11.7. The highest BCUT2D eigenvalue weighted by Crippen LogP contribution is 1.92. The Morgan fingerprint density at radius 2 is 1.80 bits per heavy atom. The van der Waals surface area contributed by atoms with Crippen molar-refractivity contribution in [1.29, 1.82) is 0 Å². The van der Waals surface area contributed by atoms with Gasteiger partial charge in [0, 0.05) is 5.92 Å². The highest BCUT2D eigenvalue weighted by Gasteiger charge is 2.06. The molecule has 0 rings (SSSR count). The molecule has 0 fully saturated rings. The first-order valence-electron chi connectivity index (χ1n) is 4.61. The van der Waals surface area contributed by atoms with Crippen LogP contribution >= 0.6 is 0 Å². The molecule has 0 heterocycles. The van der Waals surface area contributed by atoms with Crippen LogP contribution in [0.3, 0.4) is 0 Å². The van der Waals surface area contributed by atoms with Crippen LogP contribution in [0.4, 0.5) is 4.79 Å². The van der Waals surface area contributed by atoms with E-state index >= 15 is 0 Å². The normalized spacial score (nSPS) is 10.6. The Hall–Kier alpha value is -1.70. The number of hydrogen-bond donors (Lipinski definition) is 0. The third kappa shape index (κ3) is 7.38. The van der Waals surface area contributed by atoms with Crippen LogP contribution in [0.1, 0.15) is 20.8 Å². The monoisotopic (exact) mass is 214 g/mol. The lowest BCUT2D eigenvalue weighted by Gasteiger charge is -2.05. The van der Waals surface area contributed by atoms with Crippen LogP contribution < -0.4 is 0 Å². The van der Waals surface area contributed by atoms with Crippen LogP contribution in [-0.2, 0) is 19.0 Å². The molecule has 0 spiro atoms. The van der Waals surface area contributed by atoms with E-state index in [4.69, 9.17) is 0 Å². The number of carbonyl (C=O) groups is 2. The van der Waals surface area contributed by atoms with Crippen LogP contribution in [0.5, 0.6) is 0 Å². The predicted octanol–water partition coefficient (Wildman–Crippen LogP) is 1.11. The highest BCUT2D eigenvalue weighted by atomic mass is 16.7. The predicted molar refractivity (Wildman–Crippen MR) is 52.0 cm³/mol. The number of esters is 1. The Morgan fingerprint density at radius 3 is 2.33 bits per heavy atom. The molecule has 84 valence electrons. The standard InChI is InChI=1S/C10H14O5/c1-4-13-9(11)7-6-8(3)15-10(12)14-5-2/h8H,4-5H2,1-3H3/t8-/m0/s1. The summed E-state index contributed by atoms with van der Waals surface area (Å²) in [5.41, 5.74) is 0. The maximum absolute atomic E-state index is 10.8. The van der Waals surface area contributed by atoms with Crippen LogP contribution in [0.2, 0.25) is 0 Å². The Balaban J connectivity index is 3.96. The number of ether oxygens (including phenoxy) is 3. The summed E-state index contributed by atoms with van der Waals surface area (Å²) in [5, 5.41) is 0. The van der Waals surface area contributed by atoms with E-state index in [-0.39, 0.29) is 13.2 Å². The minimum atomic E-state index is -0.803. The number of rotatable bonds is 3. The third-order valence-electron chi connectivity index (χ3n) is 1.19. The summed E-state index contributed by atoms with van der Waals surface area (Å²) in [6.45, 7) is 5.37. The molecule has 5 nitrogen and oxygen atoms in total. The van der Waals surface area contributed by atoms with Crippen molar-refractivity contribution >= 4 is 12.1 Å². The first kappa shape index (κ1) is 13.3. The van der Waals surface area contributed by atoms with E-state index in [2.05, 4.69) is 26.1 Å². The van der Waals surface area contributed by atoms with Crippen LogP contribution in [0, 0.1) is 11.8 Å². The van der Waals surface area contributed by atoms with Gasteiger partial charge in [-0.2, -0.15) is 0 Å². The van der Waals surface area contributed by atoms with Gasteiger partial charge in [0.25, 0.3) is 0 Å². The smallest absolute Gasteiger partial charge is 0.456 e. The van der Waals surface area contributed by atoms with Gasteiger partial charge in [-0.1, -0.05) is 0 Å². The van der Waals surface area contributed by atoms with E-state index in [9.17, 15) is 9.59 Å². The average molecular weight is 214 g/mol. The molecule has 1 atom stereocenters. The van der Waals surface area contributed by atoms with Gasteiger partial charge in [0.15, 0.2) is 6.10 Å². The Kier molecular flexibility index (Phi) is 6.81. The summed E-state index contributed by atoms with van der Waals surface area (Å²) in [4.78, 5) is 21.6. The summed E-state index contributed by atoms with van der Waals surface area (Å²) in [6.07, 6.45) is -1.50. The molecule has 0 aromatic rings. The first-order valence-corrected chi connectivity index (χ1v) is 4.61. The molecule has 5 heteroatoms. The Labute approximate surface area is 88.7 Å². The maximum atomic E-state index is 10.8. The zero-order valence-electron chi connectivity index (χ0n) is 9.03. The van der Waals surface area contributed by atoms with Gasteiger partial charge in [-0.15, -0.1) is 0 Å². The lowest BCUT2D eigenvalue weighted by Crippen LogP contribution is -2.14. The van der Waals surface area contributed by atoms with Crippen molar-refractivity contribution in [2.75, 3.05) is 13.2 Å². The molecule has 0 aliphatic rings. The fraction of sp³-hybridized carbons (Fsp3) is 0.600. The summed E-state index contributed by atoms with van der Waals surface area (Å²) < 4.78 is 13.8. The first-order chi connectivity index (χ1) is 7.10. The number of carbonyl (C=O) groups excluding carboxylic acids is 2. The SMILES string of the molecule is CCOC(=O)C#C[C@H](C)OC(=O)OCC. The van der Waals surface area contributed by atoms with Gasteiger partial charge in [0.1, 0.15) is 0 Å². The molecule has 0 aromatic heterocycles. The van der Waals surface area contributed by atoms with Crippen molar-refractivity contribution < 1.29 is 23.8 Å². The molecule has 0 aromatic carbocycles. The van der Waals surface area contributed by atoms with Crippen molar-refractivity contribution in [3.05, 3.63) is 0 Å². The molecule has 0 radical (unpaired) electrons. The third-order valence-corrected chi connectivity index (χ3v) is 1.19. The van der Waals surface area contributed by atoms with E-state index in [1.54, 1.807) is 13.8 Å². The second-order valence-corrected chi connectivity index (χ2v) is 2.43. The van der Waals surface area contributed by atoms with Gasteiger partial charge in [0.2, 0.25) is 0 Å². The van der Waals surface area contributed by atoms with Crippen molar-refractivity contribution in [3.63, 3.8) is 0 Å². The van der Waals surface area contributed by atoms with Crippen molar-refractivity contribution in [3.8, 4) is 11.8 Å². The van der Waals surface area contributed by atoms with Gasteiger partial charge in [-0.3, -0.25) is 0 Å². The molecule has 0 unspecified atom stereocenters. The molecule has 0 amide bonds. The highest BCUT2D eigenvalue weighted by molar-refractivity contribution is 5.88. The molecule has 0 aliphatic carbocycles. The van der Waals surface area contributed by atoms with E-state index in [1.165, 1.54) is 6.92 Å². The lowest BCUT2D eigenvalue weighted by molar-refractivity contribution is -0.136. The Bertz CT molecular complexity index is 273. The lowest BCUT2D eigenvalue weighted by atomic mass is 10.4. The largest absolute Gasteiger partial charge is 0.509 e. The molecule has 0 aliphatic heterocycles. The van der Waals surface area contributed by atoms with Gasteiger partial charge < -0.3 is 14.2 Å². The topological polar surface area (TPSA) is 61.8 Å². The summed E-state index contributed by atoms with van der Waals surface area (Å²) in [7, 11) is 0.